The molecule has 1 aromatic heterocycles. The molecule has 1 aliphatic rings. The van der Waals surface area contributed by atoms with E-state index < -0.39 is 11.6 Å². The number of nitrogens with zero attached hydrogens (tertiary/aromatic N) is 3. The van der Waals surface area contributed by atoms with Gasteiger partial charge in [0.15, 0.2) is 11.6 Å². The molecule has 0 aliphatic carbocycles. The van der Waals surface area contributed by atoms with Crippen LogP contribution < -0.4 is 4.90 Å². The SMILES string of the molecule is OCC[C@@H]1CSCCN1c1ncnc2cc(F)c(F)cc12. The lowest BCUT2D eigenvalue weighted by molar-refractivity contribution is 0.276. The molecule has 0 unspecified atom stereocenters. The summed E-state index contributed by atoms with van der Waals surface area (Å²) in [5.41, 5.74) is 0.389. The third kappa shape index (κ3) is 2.80. The first-order chi connectivity index (χ1) is 10.2. The lowest BCUT2D eigenvalue weighted by atomic mass is 10.1. The van der Waals surface area contributed by atoms with E-state index >= 15 is 0 Å². The molecular weight excluding hydrogens is 296 g/mol. The molecule has 0 radical (unpaired) electrons. The fourth-order valence-corrected chi connectivity index (χ4v) is 3.70. The van der Waals surface area contributed by atoms with Crippen LogP contribution in [0.25, 0.3) is 10.9 Å². The molecule has 0 saturated carbocycles. The van der Waals surface area contributed by atoms with Crippen LogP contribution in [-0.4, -0.2) is 45.8 Å². The van der Waals surface area contributed by atoms with E-state index in [1.165, 1.54) is 6.33 Å². The molecule has 0 amide bonds. The van der Waals surface area contributed by atoms with Gasteiger partial charge in [0.25, 0.3) is 0 Å². The average molecular weight is 311 g/mol. The van der Waals surface area contributed by atoms with Crippen LogP contribution in [0.1, 0.15) is 6.42 Å². The van der Waals surface area contributed by atoms with E-state index in [-0.39, 0.29) is 12.6 Å². The molecule has 2 aromatic rings. The Bertz CT molecular complexity index is 653. The number of halogens is 2. The molecule has 0 spiro atoms. The molecule has 4 nitrogen and oxygen atoms in total. The molecule has 1 saturated heterocycles. The van der Waals surface area contributed by atoms with Gasteiger partial charge >= 0.3 is 0 Å². The van der Waals surface area contributed by atoms with Crippen molar-refractivity contribution in [3.05, 3.63) is 30.1 Å². The second kappa shape index (κ2) is 6.11. The van der Waals surface area contributed by atoms with E-state index in [2.05, 4.69) is 14.9 Å². The number of aliphatic hydroxyl groups excluding tert-OH is 1. The zero-order valence-corrected chi connectivity index (χ0v) is 12.1. The van der Waals surface area contributed by atoms with Crippen molar-refractivity contribution in [3.8, 4) is 0 Å². The Kier molecular flexibility index (Phi) is 4.21. The molecule has 112 valence electrons. The molecule has 1 fully saturated rings. The molecule has 3 rings (SSSR count). The number of aromatic nitrogens is 2. The van der Waals surface area contributed by atoms with E-state index in [0.717, 1.165) is 30.2 Å². The van der Waals surface area contributed by atoms with E-state index in [1.807, 2.05) is 11.8 Å². The largest absolute Gasteiger partial charge is 0.396 e. The fourth-order valence-electron chi connectivity index (χ4n) is 2.59. The lowest BCUT2D eigenvalue weighted by Crippen LogP contribution is -2.43. The predicted octanol–water partition coefficient (Wildman–Crippen LogP) is 2.21. The molecule has 21 heavy (non-hydrogen) atoms. The highest BCUT2D eigenvalue weighted by atomic mass is 32.2. The summed E-state index contributed by atoms with van der Waals surface area (Å²) in [6.07, 6.45) is 1.99. The number of thioether (sulfide) groups is 1. The highest BCUT2D eigenvalue weighted by Crippen LogP contribution is 2.30. The van der Waals surface area contributed by atoms with Crippen LogP contribution in [-0.2, 0) is 0 Å². The minimum Gasteiger partial charge on any atom is -0.396 e. The van der Waals surface area contributed by atoms with Crippen molar-refractivity contribution in [3.63, 3.8) is 0 Å². The molecule has 2 heterocycles. The van der Waals surface area contributed by atoms with E-state index in [1.54, 1.807) is 0 Å². The summed E-state index contributed by atoms with van der Waals surface area (Å²) in [6, 6.07) is 2.38. The second-order valence-corrected chi connectivity index (χ2v) is 6.06. The van der Waals surface area contributed by atoms with Crippen molar-refractivity contribution in [1.29, 1.82) is 0 Å². The minimum atomic E-state index is -0.909. The molecule has 1 aromatic carbocycles. The van der Waals surface area contributed by atoms with Crippen LogP contribution in [0.2, 0.25) is 0 Å². The van der Waals surface area contributed by atoms with Gasteiger partial charge in [-0.2, -0.15) is 11.8 Å². The smallest absolute Gasteiger partial charge is 0.161 e. The molecule has 1 N–H and O–H groups in total. The van der Waals surface area contributed by atoms with Crippen LogP contribution in [0, 0.1) is 11.6 Å². The first kappa shape index (κ1) is 14.5. The van der Waals surface area contributed by atoms with Crippen LogP contribution in [0.4, 0.5) is 14.6 Å². The summed E-state index contributed by atoms with van der Waals surface area (Å²) in [6.45, 7) is 0.855. The van der Waals surface area contributed by atoms with Crippen LogP contribution >= 0.6 is 11.8 Å². The molecule has 1 aliphatic heterocycles. The van der Waals surface area contributed by atoms with Crippen LogP contribution in [0.5, 0.6) is 0 Å². The molecule has 1 atom stereocenters. The van der Waals surface area contributed by atoms with Crippen molar-refractivity contribution >= 4 is 28.5 Å². The Hall–Kier alpha value is -1.47. The van der Waals surface area contributed by atoms with Gasteiger partial charge in [-0.1, -0.05) is 0 Å². The summed E-state index contributed by atoms with van der Waals surface area (Å²) in [7, 11) is 0. The molecular formula is C14H15F2N3OS. The number of hydrogen-bond acceptors (Lipinski definition) is 5. The number of fused-ring (bicyclic) bond motifs is 1. The maximum atomic E-state index is 13.5. The van der Waals surface area contributed by atoms with Crippen molar-refractivity contribution in [2.75, 3.05) is 29.6 Å². The zero-order chi connectivity index (χ0) is 14.8. The van der Waals surface area contributed by atoms with Gasteiger partial charge in [0, 0.05) is 42.2 Å². The Balaban J connectivity index is 2.08. The van der Waals surface area contributed by atoms with E-state index in [4.69, 9.17) is 0 Å². The Morgan fingerprint density at radius 1 is 1.29 bits per heavy atom. The normalized spacial score (nSPS) is 19.2. The van der Waals surface area contributed by atoms with Gasteiger partial charge in [-0.05, 0) is 12.5 Å². The molecule has 7 heteroatoms. The number of hydrogen-bond donors (Lipinski definition) is 1. The summed E-state index contributed by atoms with van der Waals surface area (Å²) >= 11 is 1.82. The first-order valence-electron chi connectivity index (χ1n) is 6.75. The summed E-state index contributed by atoms with van der Waals surface area (Å²) in [5, 5.41) is 9.70. The summed E-state index contributed by atoms with van der Waals surface area (Å²) in [5.74, 6) is 0.627. The highest BCUT2D eigenvalue weighted by Gasteiger charge is 2.25. The third-order valence-electron chi connectivity index (χ3n) is 3.62. The fraction of sp³-hybridized carbons (Fsp3) is 0.429. The standard InChI is InChI=1S/C14H15F2N3OS/c15-11-5-10-13(6-12(11)16)17-8-18-14(10)19-2-4-21-7-9(19)1-3-20/h5-6,8-9,20H,1-4,7H2/t9-/m1/s1. The average Bonchev–Trinajstić information content (AvgIpc) is 2.49. The topological polar surface area (TPSA) is 49.2 Å². The van der Waals surface area contributed by atoms with Crippen molar-refractivity contribution in [1.82, 2.24) is 9.97 Å². The molecule has 0 bridgehead atoms. The van der Waals surface area contributed by atoms with Crippen molar-refractivity contribution in [2.45, 2.75) is 12.5 Å². The Morgan fingerprint density at radius 3 is 2.90 bits per heavy atom. The summed E-state index contributed by atoms with van der Waals surface area (Å²) in [4.78, 5) is 10.3. The summed E-state index contributed by atoms with van der Waals surface area (Å²) < 4.78 is 26.9. The van der Waals surface area contributed by atoms with Crippen molar-refractivity contribution < 1.29 is 13.9 Å². The van der Waals surface area contributed by atoms with Gasteiger partial charge in [0.1, 0.15) is 12.1 Å². The van der Waals surface area contributed by atoms with Gasteiger partial charge in [0.05, 0.1) is 5.52 Å². The number of rotatable bonds is 3. The van der Waals surface area contributed by atoms with E-state index in [9.17, 15) is 13.9 Å². The predicted molar refractivity (Wildman–Crippen MR) is 79.6 cm³/mol. The quantitative estimate of drug-likeness (QED) is 0.942. The second-order valence-electron chi connectivity index (χ2n) is 4.92. The van der Waals surface area contributed by atoms with Gasteiger partial charge in [0.2, 0.25) is 0 Å². The van der Waals surface area contributed by atoms with Gasteiger partial charge in [-0.25, -0.2) is 18.7 Å². The minimum absolute atomic E-state index is 0.0910. The Labute approximate surface area is 125 Å². The Morgan fingerprint density at radius 2 is 2.10 bits per heavy atom. The maximum Gasteiger partial charge on any atom is 0.161 e. The van der Waals surface area contributed by atoms with E-state index in [0.29, 0.717) is 23.1 Å². The third-order valence-corrected chi connectivity index (χ3v) is 4.71. The van der Waals surface area contributed by atoms with Crippen LogP contribution in [0.3, 0.4) is 0 Å². The van der Waals surface area contributed by atoms with Gasteiger partial charge < -0.3 is 10.0 Å². The zero-order valence-electron chi connectivity index (χ0n) is 11.3. The van der Waals surface area contributed by atoms with Gasteiger partial charge in [-0.3, -0.25) is 0 Å². The number of benzene rings is 1. The monoisotopic (exact) mass is 311 g/mol. The maximum absolute atomic E-state index is 13.5. The van der Waals surface area contributed by atoms with Gasteiger partial charge in [-0.15, -0.1) is 0 Å². The van der Waals surface area contributed by atoms with Crippen molar-refractivity contribution in [2.24, 2.45) is 0 Å². The van der Waals surface area contributed by atoms with Crippen LogP contribution in [0.15, 0.2) is 18.5 Å². The highest BCUT2D eigenvalue weighted by molar-refractivity contribution is 7.99. The first-order valence-corrected chi connectivity index (χ1v) is 7.91. The lowest BCUT2D eigenvalue weighted by Gasteiger charge is -2.36. The number of anilines is 1. The number of aliphatic hydroxyl groups is 1.